The first-order chi connectivity index (χ1) is 14.0. The fourth-order valence-electron chi connectivity index (χ4n) is 2.78. The molecule has 0 N–H and O–H groups in total. The van der Waals surface area contributed by atoms with E-state index < -0.39 is 60.7 Å². The van der Waals surface area contributed by atoms with Crippen molar-refractivity contribution in [3.05, 3.63) is 0 Å². The average Bonchev–Trinajstić information content (AvgIpc) is 2.60. The second-order valence-corrected chi connectivity index (χ2v) is 7.00. The van der Waals surface area contributed by atoms with Gasteiger partial charge in [-0.2, -0.15) is 5.26 Å². The Morgan fingerprint density at radius 1 is 0.867 bits per heavy atom. The molecule has 0 aromatic carbocycles. The molecule has 1 saturated heterocycles. The first-order valence-electron chi connectivity index (χ1n) is 9.31. The minimum atomic E-state index is -1.36. The third kappa shape index (κ3) is 7.61. The van der Waals surface area contributed by atoms with Crippen molar-refractivity contribution in [3.8, 4) is 6.07 Å². The van der Waals surface area contributed by atoms with E-state index in [1.165, 1.54) is 6.92 Å². The molecule has 0 radical (unpaired) electrons. The molecule has 11 nitrogen and oxygen atoms in total. The van der Waals surface area contributed by atoms with Crippen molar-refractivity contribution >= 4 is 23.9 Å². The van der Waals surface area contributed by atoms with E-state index in [4.69, 9.17) is 28.4 Å². The van der Waals surface area contributed by atoms with Gasteiger partial charge in [-0.25, -0.2) is 0 Å². The maximum absolute atomic E-state index is 11.7. The molecule has 0 amide bonds. The molecule has 1 fully saturated rings. The van der Waals surface area contributed by atoms with Crippen LogP contribution in [0, 0.1) is 17.2 Å². The van der Waals surface area contributed by atoms with Crippen LogP contribution in [-0.2, 0) is 47.6 Å². The van der Waals surface area contributed by atoms with Crippen LogP contribution >= 0.6 is 0 Å². The van der Waals surface area contributed by atoms with Gasteiger partial charge in [0, 0.05) is 27.7 Å². The van der Waals surface area contributed by atoms with E-state index >= 15 is 0 Å². The van der Waals surface area contributed by atoms with E-state index in [1.807, 2.05) is 6.07 Å². The Kier molecular flexibility index (Phi) is 9.68. The molecule has 11 heteroatoms. The fraction of sp³-hybridized carbons (Fsp3) is 0.737. The number of esters is 4. The SMILES string of the molecule is CC(=O)OC[C@H]1O[C@@H](O[C@H](C#N)C(C)C)[C@H](OC(C)=O)[C@@H](OC(C)=O)[C@@H]1OC(C)=O. The molecule has 1 aliphatic heterocycles. The first-order valence-corrected chi connectivity index (χ1v) is 9.31. The summed E-state index contributed by atoms with van der Waals surface area (Å²) in [6.07, 6.45) is -7.39. The Morgan fingerprint density at radius 2 is 1.37 bits per heavy atom. The molecule has 1 rings (SSSR count). The summed E-state index contributed by atoms with van der Waals surface area (Å²) in [5, 5.41) is 9.36. The van der Waals surface area contributed by atoms with E-state index in [-0.39, 0.29) is 12.5 Å². The quantitative estimate of drug-likeness (QED) is 0.395. The van der Waals surface area contributed by atoms with Gasteiger partial charge < -0.3 is 28.4 Å². The summed E-state index contributed by atoms with van der Waals surface area (Å²) >= 11 is 0. The normalized spacial score (nSPS) is 26.8. The Balaban J connectivity index is 3.37. The first kappa shape index (κ1) is 25.3. The zero-order valence-corrected chi connectivity index (χ0v) is 17.8. The number of hydrogen-bond acceptors (Lipinski definition) is 11. The van der Waals surface area contributed by atoms with Crippen LogP contribution in [-0.4, -0.2) is 67.3 Å². The molecule has 0 saturated carbocycles. The van der Waals surface area contributed by atoms with Crippen LogP contribution in [0.2, 0.25) is 0 Å². The largest absolute Gasteiger partial charge is 0.463 e. The molecule has 1 heterocycles. The summed E-state index contributed by atoms with van der Waals surface area (Å²) in [4.78, 5) is 46.3. The van der Waals surface area contributed by atoms with E-state index in [2.05, 4.69) is 0 Å². The third-order valence-corrected chi connectivity index (χ3v) is 3.96. The highest BCUT2D eigenvalue weighted by molar-refractivity contribution is 5.68. The lowest BCUT2D eigenvalue weighted by atomic mass is 9.97. The van der Waals surface area contributed by atoms with Gasteiger partial charge >= 0.3 is 23.9 Å². The number of nitrogens with zero attached hydrogens (tertiary/aromatic N) is 1. The van der Waals surface area contributed by atoms with Crippen molar-refractivity contribution in [2.24, 2.45) is 5.92 Å². The molecule has 30 heavy (non-hydrogen) atoms. The zero-order valence-electron chi connectivity index (χ0n) is 17.8. The van der Waals surface area contributed by atoms with Crippen LogP contribution < -0.4 is 0 Å². The maximum Gasteiger partial charge on any atom is 0.303 e. The standard InChI is InChI=1S/C19H27NO10/c1-9(2)14(7-20)29-19-18(28-13(6)24)17(27-12(5)23)16(26-11(4)22)15(30-19)8-25-10(3)21/h9,14-19H,8H2,1-6H3/t14-,15-,16-,17+,18-,19-/m1/s1. The van der Waals surface area contributed by atoms with Crippen molar-refractivity contribution < 1.29 is 47.6 Å². The van der Waals surface area contributed by atoms with Gasteiger partial charge in [0.05, 0.1) is 6.07 Å². The zero-order chi connectivity index (χ0) is 23.0. The summed E-state index contributed by atoms with van der Waals surface area (Å²) in [6.45, 7) is 7.65. The van der Waals surface area contributed by atoms with Gasteiger partial charge in [0.25, 0.3) is 0 Å². The van der Waals surface area contributed by atoms with Gasteiger partial charge in [0.2, 0.25) is 6.29 Å². The van der Waals surface area contributed by atoms with Crippen LogP contribution in [0.3, 0.4) is 0 Å². The van der Waals surface area contributed by atoms with Crippen LogP contribution in [0.5, 0.6) is 0 Å². The maximum atomic E-state index is 11.7. The lowest BCUT2D eigenvalue weighted by molar-refractivity contribution is -0.315. The van der Waals surface area contributed by atoms with Crippen molar-refractivity contribution in [1.82, 2.24) is 0 Å². The van der Waals surface area contributed by atoms with Crippen molar-refractivity contribution in [1.29, 1.82) is 5.26 Å². The molecule has 0 unspecified atom stereocenters. The molecular formula is C19H27NO10. The van der Waals surface area contributed by atoms with Gasteiger partial charge in [0.1, 0.15) is 18.8 Å². The lowest BCUT2D eigenvalue weighted by Crippen LogP contribution is -2.63. The fourth-order valence-corrected chi connectivity index (χ4v) is 2.78. The molecular weight excluding hydrogens is 402 g/mol. The van der Waals surface area contributed by atoms with Crippen LogP contribution in [0.1, 0.15) is 41.5 Å². The highest BCUT2D eigenvalue weighted by Gasteiger charge is 2.53. The van der Waals surface area contributed by atoms with Crippen LogP contribution in [0.25, 0.3) is 0 Å². The number of ether oxygens (including phenoxy) is 6. The topological polar surface area (TPSA) is 147 Å². The van der Waals surface area contributed by atoms with E-state index in [1.54, 1.807) is 13.8 Å². The van der Waals surface area contributed by atoms with Crippen LogP contribution in [0.4, 0.5) is 0 Å². The molecule has 168 valence electrons. The molecule has 1 aliphatic rings. The molecule has 0 aromatic rings. The van der Waals surface area contributed by atoms with E-state index in [9.17, 15) is 24.4 Å². The summed E-state index contributed by atoms with van der Waals surface area (Å²) in [5.41, 5.74) is 0. The summed E-state index contributed by atoms with van der Waals surface area (Å²) in [5.74, 6) is -3.09. The number of hydrogen-bond donors (Lipinski definition) is 0. The Hall–Kier alpha value is -2.71. The minimum absolute atomic E-state index is 0.248. The highest BCUT2D eigenvalue weighted by atomic mass is 16.7. The number of nitriles is 1. The summed E-state index contributed by atoms with van der Waals surface area (Å²) < 4.78 is 32.2. The van der Waals surface area contributed by atoms with Gasteiger partial charge in [0.15, 0.2) is 18.3 Å². The van der Waals surface area contributed by atoms with E-state index in [0.29, 0.717) is 0 Å². The second-order valence-electron chi connectivity index (χ2n) is 7.00. The Morgan fingerprint density at radius 3 is 1.80 bits per heavy atom. The minimum Gasteiger partial charge on any atom is -0.463 e. The van der Waals surface area contributed by atoms with Crippen LogP contribution in [0.15, 0.2) is 0 Å². The summed E-state index contributed by atoms with van der Waals surface area (Å²) in [6, 6.07) is 1.97. The third-order valence-electron chi connectivity index (χ3n) is 3.96. The van der Waals surface area contributed by atoms with Gasteiger partial charge in [-0.3, -0.25) is 19.2 Å². The highest BCUT2D eigenvalue weighted by Crippen LogP contribution is 2.31. The summed E-state index contributed by atoms with van der Waals surface area (Å²) in [7, 11) is 0. The van der Waals surface area contributed by atoms with Gasteiger partial charge in [-0.1, -0.05) is 13.8 Å². The predicted octanol–water partition coefficient (Wildman–Crippen LogP) is 0.634. The van der Waals surface area contributed by atoms with Gasteiger partial charge in [-0.05, 0) is 5.92 Å². The van der Waals surface area contributed by atoms with Crippen molar-refractivity contribution in [2.75, 3.05) is 6.61 Å². The predicted molar refractivity (Wildman–Crippen MR) is 97.3 cm³/mol. The van der Waals surface area contributed by atoms with Crippen molar-refractivity contribution in [3.63, 3.8) is 0 Å². The average molecular weight is 429 g/mol. The van der Waals surface area contributed by atoms with Crippen molar-refractivity contribution in [2.45, 2.75) is 78.4 Å². The Labute approximate surface area is 174 Å². The Bertz CT molecular complexity index is 685. The monoisotopic (exact) mass is 429 g/mol. The molecule has 0 spiro atoms. The lowest BCUT2D eigenvalue weighted by Gasteiger charge is -2.44. The molecule has 0 aliphatic carbocycles. The number of carbonyl (C=O) groups excluding carboxylic acids is 4. The molecule has 6 atom stereocenters. The number of rotatable bonds is 8. The smallest absolute Gasteiger partial charge is 0.303 e. The van der Waals surface area contributed by atoms with E-state index in [0.717, 1.165) is 20.8 Å². The van der Waals surface area contributed by atoms with Gasteiger partial charge in [-0.15, -0.1) is 0 Å². The molecule has 0 aromatic heterocycles. The second kappa shape index (κ2) is 11.5. The molecule has 0 bridgehead atoms. The number of carbonyl (C=O) groups is 4.